The van der Waals surface area contributed by atoms with Crippen molar-refractivity contribution in [2.45, 2.75) is 51.2 Å². The molecule has 31 heavy (non-hydrogen) atoms. The van der Waals surface area contributed by atoms with Crippen LogP contribution in [0.5, 0.6) is 11.5 Å². The minimum absolute atomic E-state index is 0.0882. The second kappa shape index (κ2) is 10.4. The van der Waals surface area contributed by atoms with Gasteiger partial charge in [-0.1, -0.05) is 24.6 Å². The number of para-hydroxylation sites is 1. The van der Waals surface area contributed by atoms with Gasteiger partial charge in [0.2, 0.25) is 0 Å². The van der Waals surface area contributed by atoms with Crippen molar-refractivity contribution >= 4 is 19.4 Å². The van der Waals surface area contributed by atoms with Crippen LogP contribution in [0.25, 0.3) is 0 Å². The Balaban J connectivity index is 1.73. The van der Waals surface area contributed by atoms with Crippen LogP contribution >= 0.6 is 7.75 Å². The van der Waals surface area contributed by atoms with E-state index in [1.807, 2.05) is 0 Å². The number of nitro benzene ring substituents is 1. The van der Waals surface area contributed by atoms with E-state index in [0.717, 1.165) is 32.1 Å². The molecule has 0 spiro atoms. The lowest BCUT2D eigenvalue weighted by Crippen LogP contribution is -2.38. The van der Waals surface area contributed by atoms with Gasteiger partial charge in [0.05, 0.1) is 4.92 Å². The lowest BCUT2D eigenvalue weighted by molar-refractivity contribution is -0.384. The quantitative estimate of drug-likeness (QED) is 0.246. The summed E-state index contributed by atoms with van der Waals surface area (Å²) in [6.45, 7) is 1.52. The number of carbonyl (C=O) groups excluding carboxylic acids is 1. The summed E-state index contributed by atoms with van der Waals surface area (Å²) < 4.78 is 30.1. The van der Waals surface area contributed by atoms with Crippen molar-refractivity contribution in [2.24, 2.45) is 0 Å². The molecule has 0 radical (unpaired) electrons. The third kappa shape index (κ3) is 6.80. The first-order valence-electron chi connectivity index (χ1n) is 10.1. The Hall–Kier alpha value is -2.90. The highest BCUT2D eigenvalue weighted by molar-refractivity contribution is 7.52. The molecule has 2 aromatic carbocycles. The van der Waals surface area contributed by atoms with Crippen molar-refractivity contribution in [3.8, 4) is 11.5 Å². The third-order valence-electron chi connectivity index (χ3n) is 4.78. The van der Waals surface area contributed by atoms with Gasteiger partial charge in [0.1, 0.15) is 23.6 Å². The molecule has 10 heteroatoms. The first-order valence-corrected chi connectivity index (χ1v) is 11.7. The number of nitro groups is 1. The zero-order valence-electron chi connectivity index (χ0n) is 17.1. The molecular formula is C21H25N2O7P. The van der Waals surface area contributed by atoms with Crippen LogP contribution in [0.1, 0.15) is 39.0 Å². The minimum atomic E-state index is -4.09. The van der Waals surface area contributed by atoms with Crippen molar-refractivity contribution in [3.05, 3.63) is 64.7 Å². The van der Waals surface area contributed by atoms with E-state index in [0.29, 0.717) is 0 Å². The van der Waals surface area contributed by atoms with Gasteiger partial charge in [-0.15, -0.1) is 0 Å². The van der Waals surface area contributed by atoms with Gasteiger partial charge in [-0.25, -0.2) is 4.57 Å². The number of benzene rings is 2. The predicted octanol–water partition coefficient (Wildman–Crippen LogP) is 5.01. The van der Waals surface area contributed by atoms with Crippen LogP contribution in [0.2, 0.25) is 0 Å². The summed E-state index contributed by atoms with van der Waals surface area (Å²) in [4.78, 5) is 22.8. The molecule has 0 aromatic heterocycles. The molecule has 0 amide bonds. The highest BCUT2D eigenvalue weighted by Crippen LogP contribution is 2.45. The normalized spacial score (nSPS) is 17.2. The highest BCUT2D eigenvalue weighted by Gasteiger charge is 2.34. The van der Waals surface area contributed by atoms with Crippen LogP contribution in [-0.2, 0) is 14.1 Å². The van der Waals surface area contributed by atoms with Gasteiger partial charge in [0, 0.05) is 12.1 Å². The number of ether oxygens (including phenoxy) is 1. The molecule has 9 nitrogen and oxygen atoms in total. The average molecular weight is 448 g/mol. The molecule has 1 fully saturated rings. The van der Waals surface area contributed by atoms with Crippen LogP contribution < -0.4 is 14.1 Å². The third-order valence-corrected chi connectivity index (χ3v) is 6.39. The Morgan fingerprint density at radius 2 is 1.61 bits per heavy atom. The first-order chi connectivity index (χ1) is 14.8. The fourth-order valence-corrected chi connectivity index (χ4v) is 4.72. The van der Waals surface area contributed by atoms with E-state index >= 15 is 0 Å². The summed E-state index contributed by atoms with van der Waals surface area (Å²) >= 11 is 0. The molecule has 1 N–H and O–H groups in total. The summed E-state index contributed by atoms with van der Waals surface area (Å²) in [5, 5.41) is 13.5. The smallest absolute Gasteiger partial charge is 0.461 e. The van der Waals surface area contributed by atoms with Crippen molar-refractivity contribution in [3.63, 3.8) is 0 Å². The number of rotatable bonds is 9. The molecule has 0 saturated heterocycles. The Bertz CT molecular complexity index is 931. The fraction of sp³-hybridized carbons (Fsp3) is 0.381. The van der Waals surface area contributed by atoms with Crippen LogP contribution in [-0.4, -0.2) is 23.0 Å². The van der Waals surface area contributed by atoms with Crippen LogP contribution in [0.15, 0.2) is 54.6 Å². The zero-order valence-corrected chi connectivity index (χ0v) is 18.0. The number of nitrogens with one attached hydrogen (secondary N) is 1. The molecule has 1 aliphatic carbocycles. The molecule has 1 aliphatic rings. The predicted molar refractivity (Wildman–Crippen MR) is 114 cm³/mol. The number of hydrogen-bond acceptors (Lipinski definition) is 7. The second-order valence-corrected chi connectivity index (χ2v) is 8.91. The number of esters is 1. The Labute approximate surface area is 180 Å². The van der Waals surface area contributed by atoms with E-state index in [1.54, 1.807) is 30.3 Å². The summed E-state index contributed by atoms with van der Waals surface area (Å²) in [6, 6.07) is 12.5. The monoisotopic (exact) mass is 448 g/mol. The van der Waals surface area contributed by atoms with Gasteiger partial charge in [-0.2, -0.15) is 5.09 Å². The molecule has 1 unspecified atom stereocenters. The van der Waals surface area contributed by atoms with Crippen LogP contribution in [0, 0.1) is 10.1 Å². The topological polar surface area (TPSA) is 117 Å². The highest BCUT2D eigenvalue weighted by atomic mass is 31.2. The van der Waals surface area contributed by atoms with E-state index in [1.165, 1.54) is 31.2 Å². The first kappa shape index (κ1) is 22.8. The van der Waals surface area contributed by atoms with Crippen molar-refractivity contribution in [1.29, 1.82) is 0 Å². The molecule has 0 aliphatic heterocycles. The van der Waals surface area contributed by atoms with Crippen molar-refractivity contribution in [2.75, 3.05) is 0 Å². The van der Waals surface area contributed by atoms with E-state index in [2.05, 4.69) is 5.09 Å². The summed E-state index contributed by atoms with van der Waals surface area (Å²) in [5.41, 5.74) is -0.136. The molecule has 166 valence electrons. The Morgan fingerprint density at radius 1 is 1.03 bits per heavy atom. The molecular weight excluding hydrogens is 423 g/mol. The minimum Gasteiger partial charge on any atom is -0.461 e. The standard InChI is InChI=1S/C21H25N2O7P/c1-16(21(24)28-18-8-4-2-5-9-18)22-31(27,29-19-10-6-3-7-11-19)30-20-14-12-17(13-15-20)23(25)26/h3,6-7,10-16,18H,2,4-5,8-9H2,1H3,(H,22,27)/t16-,31?/m0/s1. The molecule has 0 heterocycles. The molecule has 0 bridgehead atoms. The van der Waals surface area contributed by atoms with Gasteiger partial charge in [-0.05, 0) is 56.9 Å². The second-order valence-electron chi connectivity index (χ2n) is 7.29. The maximum atomic E-state index is 13.5. The maximum absolute atomic E-state index is 13.5. The number of nitrogens with zero attached hydrogens (tertiary/aromatic N) is 1. The van der Waals surface area contributed by atoms with E-state index in [4.69, 9.17) is 13.8 Å². The Morgan fingerprint density at radius 3 is 2.19 bits per heavy atom. The maximum Gasteiger partial charge on any atom is 0.513 e. The van der Waals surface area contributed by atoms with E-state index < -0.39 is 24.7 Å². The number of non-ortho nitro benzene ring substituents is 1. The van der Waals surface area contributed by atoms with E-state index in [9.17, 15) is 19.5 Å². The lowest BCUT2D eigenvalue weighted by Gasteiger charge is -2.26. The molecule has 1 saturated carbocycles. The largest absolute Gasteiger partial charge is 0.513 e. The summed E-state index contributed by atoms with van der Waals surface area (Å²) in [7, 11) is -4.09. The van der Waals surface area contributed by atoms with Crippen molar-refractivity contribution in [1.82, 2.24) is 5.09 Å². The zero-order chi connectivity index (χ0) is 22.3. The van der Waals surface area contributed by atoms with E-state index in [-0.39, 0.29) is 23.3 Å². The van der Waals surface area contributed by atoms with Gasteiger partial charge >= 0.3 is 13.7 Å². The molecule has 2 aromatic rings. The van der Waals surface area contributed by atoms with Gasteiger partial charge < -0.3 is 13.8 Å². The fourth-order valence-electron chi connectivity index (χ4n) is 3.20. The molecule has 3 rings (SSSR count). The Kier molecular flexibility index (Phi) is 7.65. The molecule has 2 atom stereocenters. The summed E-state index contributed by atoms with van der Waals surface area (Å²) in [6.07, 6.45) is 4.64. The van der Waals surface area contributed by atoms with Gasteiger partial charge in [0.25, 0.3) is 5.69 Å². The number of carbonyl (C=O) groups is 1. The number of hydrogen-bond donors (Lipinski definition) is 1. The van der Waals surface area contributed by atoms with Crippen LogP contribution in [0.3, 0.4) is 0 Å². The lowest BCUT2D eigenvalue weighted by atomic mass is 9.98. The van der Waals surface area contributed by atoms with Crippen molar-refractivity contribution < 1.29 is 28.1 Å². The average Bonchev–Trinajstić information content (AvgIpc) is 2.75. The van der Waals surface area contributed by atoms with Gasteiger partial charge in [0.15, 0.2) is 0 Å². The summed E-state index contributed by atoms with van der Waals surface area (Å²) in [5.74, 6) is -0.186. The van der Waals surface area contributed by atoms with Gasteiger partial charge in [-0.3, -0.25) is 14.9 Å². The SMILES string of the molecule is C[C@H](NP(=O)(Oc1ccccc1)Oc1ccc([N+](=O)[O-])cc1)C(=O)OC1CCCCC1. The van der Waals surface area contributed by atoms with Crippen LogP contribution in [0.4, 0.5) is 5.69 Å².